The van der Waals surface area contributed by atoms with Gasteiger partial charge in [0, 0.05) is 21.3 Å². The maximum atomic E-state index is 6.11. The van der Waals surface area contributed by atoms with Crippen molar-refractivity contribution in [3.63, 3.8) is 0 Å². The zero-order chi connectivity index (χ0) is 15.0. The summed E-state index contributed by atoms with van der Waals surface area (Å²) < 4.78 is 1.13. The van der Waals surface area contributed by atoms with E-state index in [1.165, 1.54) is 11.1 Å². The molecule has 3 nitrogen and oxygen atoms in total. The lowest BCUT2D eigenvalue weighted by atomic mass is 10.0. The number of nitrogen functional groups attached to an aromatic ring is 1. The van der Waals surface area contributed by atoms with Crippen molar-refractivity contribution >= 4 is 21.7 Å². The first-order valence-electron chi connectivity index (χ1n) is 6.72. The lowest BCUT2D eigenvalue weighted by Crippen LogP contribution is -2.06. The van der Waals surface area contributed by atoms with Gasteiger partial charge >= 0.3 is 0 Å². The first kappa shape index (κ1) is 15.0. The zero-order valence-corrected chi connectivity index (χ0v) is 14.2. The molecule has 0 bridgehead atoms. The predicted octanol–water partition coefficient (Wildman–Crippen LogP) is 4.54. The minimum absolute atomic E-state index is 0.331. The number of hydrogen-bond donors (Lipinski definition) is 1. The van der Waals surface area contributed by atoms with Crippen molar-refractivity contribution in [2.75, 3.05) is 5.73 Å². The molecule has 0 amide bonds. The van der Waals surface area contributed by atoms with Gasteiger partial charge in [-0.1, -0.05) is 29.8 Å². The highest BCUT2D eigenvalue weighted by molar-refractivity contribution is 9.10. The van der Waals surface area contributed by atoms with E-state index >= 15 is 0 Å². The highest BCUT2D eigenvalue weighted by Gasteiger charge is 2.14. The van der Waals surface area contributed by atoms with Crippen LogP contribution >= 0.6 is 15.9 Å². The number of halogens is 1. The van der Waals surface area contributed by atoms with E-state index in [1.807, 2.05) is 6.92 Å². The topological polar surface area (TPSA) is 51.8 Å². The number of nitrogens with two attached hydrogens (primary N) is 1. The van der Waals surface area contributed by atoms with E-state index in [-0.39, 0.29) is 0 Å². The van der Waals surface area contributed by atoms with Crippen LogP contribution in [0.4, 0.5) is 5.82 Å². The van der Waals surface area contributed by atoms with E-state index < -0.39 is 0 Å². The fraction of sp³-hybridized carbons (Fsp3) is 0.375. The number of aryl methyl sites for hydroxylation is 3. The summed E-state index contributed by atoms with van der Waals surface area (Å²) in [5.41, 5.74) is 11.5. The molecule has 2 aromatic rings. The molecule has 0 saturated carbocycles. The smallest absolute Gasteiger partial charge is 0.161 e. The van der Waals surface area contributed by atoms with Crippen molar-refractivity contribution in [2.24, 2.45) is 0 Å². The van der Waals surface area contributed by atoms with Crippen molar-refractivity contribution in [2.45, 2.75) is 40.5 Å². The Hall–Kier alpha value is -1.42. The minimum atomic E-state index is 0.331. The van der Waals surface area contributed by atoms with E-state index in [1.54, 1.807) is 0 Å². The summed E-state index contributed by atoms with van der Waals surface area (Å²) in [5.74, 6) is 1.61. The molecule has 0 aliphatic heterocycles. The Morgan fingerprint density at radius 1 is 1.05 bits per heavy atom. The monoisotopic (exact) mass is 333 g/mol. The molecule has 20 heavy (non-hydrogen) atoms. The number of hydrogen-bond acceptors (Lipinski definition) is 3. The second kappa shape index (κ2) is 5.52. The predicted molar refractivity (Wildman–Crippen MR) is 87.9 cm³/mol. The van der Waals surface area contributed by atoms with Crippen LogP contribution < -0.4 is 5.73 Å². The van der Waals surface area contributed by atoms with Gasteiger partial charge < -0.3 is 5.73 Å². The quantitative estimate of drug-likeness (QED) is 0.877. The molecule has 0 fully saturated rings. The third kappa shape index (κ3) is 2.70. The number of nitrogens with zero attached hydrogens (tertiary/aromatic N) is 2. The van der Waals surface area contributed by atoms with E-state index in [0.717, 1.165) is 21.3 Å². The van der Waals surface area contributed by atoms with Crippen molar-refractivity contribution in [3.05, 3.63) is 39.0 Å². The first-order chi connectivity index (χ1) is 9.31. The van der Waals surface area contributed by atoms with Gasteiger partial charge in [0.05, 0.1) is 0 Å². The molecule has 106 valence electrons. The Morgan fingerprint density at radius 2 is 1.60 bits per heavy atom. The van der Waals surface area contributed by atoms with E-state index in [0.29, 0.717) is 17.6 Å². The third-order valence-electron chi connectivity index (χ3n) is 3.44. The van der Waals surface area contributed by atoms with Gasteiger partial charge in [0.1, 0.15) is 5.82 Å². The van der Waals surface area contributed by atoms with E-state index in [2.05, 4.69) is 65.7 Å². The number of aromatic nitrogens is 2. The lowest BCUT2D eigenvalue weighted by Gasteiger charge is -2.14. The van der Waals surface area contributed by atoms with E-state index in [9.17, 15) is 0 Å². The number of anilines is 1. The van der Waals surface area contributed by atoms with Gasteiger partial charge in [-0.25, -0.2) is 9.97 Å². The second-order valence-electron chi connectivity index (χ2n) is 5.51. The zero-order valence-electron chi connectivity index (χ0n) is 12.6. The molecule has 0 atom stereocenters. The van der Waals surface area contributed by atoms with Gasteiger partial charge in [0.2, 0.25) is 0 Å². The van der Waals surface area contributed by atoms with Crippen LogP contribution in [0.5, 0.6) is 0 Å². The van der Waals surface area contributed by atoms with Gasteiger partial charge in [0.15, 0.2) is 5.82 Å². The molecule has 0 spiro atoms. The molecule has 2 N–H and O–H groups in total. The Bertz CT molecular complexity index is 617. The first-order valence-corrected chi connectivity index (χ1v) is 7.51. The second-order valence-corrected chi connectivity index (χ2v) is 6.30. The normalized spacial score (nSPS) is 11.2. The molecule has 1 heterocycles. The van der Waals surface area contributed by atoms with Gasteiger partial charge in [-0.15, -0.1) is 0 Å². The van der Waals surface area contributed by atoms with Crippen LogP contribution in [0.2, 0.25) is 0 Å². The van der Waals surface area contributed by atoms with Crippen molar-refractivity contribution < 1.29 is 0 Å². The fourth-order valence-electron chi connectivity index (χ4n) is 2.52. The third-order valence-corrected chi connectivity index (χ3v) is 4.69. The van der Waals surface area contributed by atoms with Crippen molar-refractivity contribution in [1.29, 1.82) is 0 Å². The molecule has 4 heteroatoms. The molecule has 0 aliphatic carbocycles. The summed E-state index contributed by atoms with van der Waals surface area (Å²) in [6, 6.07) is 4.17. The Kier molecular flexibility index (Phi) is 4.14. The maximum Gasteiger partial charge on any atom is 0.161 e. The summed E-state index contributed by atoms with van der Waals surface area (Å²) in [5, 5.41) is 0. The largest absolute Gasteiger partial charge is 0.383 e. The summed E-state index contributed by atoms with van der Waals surface area (Å²) >= 11 is 3.58. The van der Waals surface area contributed by atoms with Gasteiger partial charge in [-0.2, -0.15) is 0 Å². The van der Waals surface area contributed by atoms with Crippen LogP contribution in [0.1, 0.15) is 42.1 Å². The van der Waals surface area contributed by atoms with Crippen LogP contribution in [-0.4, -0.2) is 9.97 Å². The fourth-order valence-corrected chi connectivity index (χ4v) is 2.75. The molecule has 0 radical (unpaired) electrons. The molecule has 1 aromatic carbocycles. The van der Waals surface area contributed by atoms with Crippen LogP contribution in [0.25, 0.3) is 11.4 Å². The Balaban J connectivity index is 2.60. The molecule has 0 saturated heterocycles. The summed E-state index contributed by atoms with van der Waals surface area (Å²) in [6.45, 7) is 10.3. The number of benzene rings is 1. The molecular weight excluding hydrogens is 314 g/mol. The molecular formula is C16H20BrN3. The summed E-state index contributed by atoms with van der Waals surface area (Å²) in [7, 11) is 0. The average Bonchev–Trinajstić information content (AvgIpc) is 2.33. The molecule has 2 rings (SSSR count). The van der Waals surface area contributed by atoms with Crippen molar-refractivity contribution in [3.8, 4) is 11.4 Å². The number of rotatable bonds is 2. The highest BCUT2D eigenvalue weighted by atomic mass is 79.9. The van der Waals surface area contributed by atoms with Gasteiger partial charge in [-0.05, 0) is 49.9 Å². The minimum Gasteiger partial charge on any atom is -0.383 e. The SMILES string of the molecule is Cc1cc(-c2nc(C)c(C(C)C)c(N)n2)cc(C)c1Br. The Morgan fingerprint density at radius 3 is 2.05 bits per heavy atom. The van der Waals surface area contributed by atoms with Gasteiger partial charge in [0.25, 0.3) is 0 Å². The molecule has 0 unspecified atom stereocenters. The molecule has 0 aliphatic rings. The average molecular weight is 334 g/mol. The van der Waals surface area contributed by atoms with Crippen LogP contribution in [0.3, 0.4) is 0 Å². The standard InChI is InChI=1S/C16H20BrN3/c1-8(2)13-11(5)19-16(20-15(13)18)12-6-9(3)14(17)10(4)7-12/h6-8H,1-5H3,(H2,18,19,20). The van der Waals surface area contributed by atoms with Crippen LogP contribution in [0, 0.1) is 20.8 Å². The maximum absolute atomic E-state index is 6.11. The molecule has 1 aromatic heterocycles. The summed E-state index contributed by atoms with van der Waals surface area (Å²) in [6.07, 6.45) is 0. The highest BCUT2D eigenvalue weighted by Crippen LogP contribution is 2.29. The van der Waals surface area contributed by atoms with E-state index in [4.69, 9.17) is 5.73 Å². The van der Waals surface area contributed by atoms with Crippen LogP contribution in [-0.2, 0) is 0 Å². The Labute approximate surface area is 128 Å². The van der Waals surface area contributed by atoms with Gasteiger partial charge in [-0.3, -0.25) is 0 Å². The summed E-state index contributed by atoms with van der Waals surface area (Å²) in [4.78, 5) is 9.12. The lowest BCUT2D eigenvalue weighted by molar-refractivity contribution is 0.836. The van der Waals surface area contributed by atoms with Crippen LogP contribution in [0.15, 0.2) is 16.6 Å². The van der Waals surface area contributed by atoms with Crippen molar-refractivity contribution in [1.82, 2.24) is 9.97 Å².